The second-order valence-electron chi connectivity index (χ2n) is 5.67. The fourth-order valence-electron chi connectivity index (χ4n) is 3.11. The second-order valence-corrected chi connectivity index (χ2v) is 7.99. The maximum atomic E-state index is 13.9. The number of hydrogen-bond donors (Lipinski definition) is 2. The summed E-state index contributed by atoms with van der Waals surface area (Å²) in [6.45, 7) is 0. The summed E-state index contributed by atoms with van der Waals surface area (Å²) >= 11 is 0. The Balaban J connectivity index is 2.27. The van der Waals surface area contributed by atoms with Crippen molar-refractivity contribution in [3.05, 3.63) is 35.4 Å². The van der Waals surface area contributed by atoms with E-state index in [2.05, 4.69) is 5.43 Å². The largest absolute Gasteiger partial charge is 0.271 e. The molecule has 0 aliphatic heterocycles. The molecule has 2 rings (SSSR count). The van der Waals surface area contributed by atoms with E-state index in [1.807, 2.05) is 0 Å². The lowest BCUT2D eigenvalue weighted by molar-refractivity contribution is 0.268. The minimum absolute atomic E-state index is 0.139. The molecule has 1 aliphatic carbocycles. The SMILES string of the molecule is CS(=O)(=O)C1CCCC(C(NN)c2cccc(F)c2F)C1. The van der Waals surface area contributed by atoms with Crippen LogP contribution in [-0.4, -0.2) is 19.9 Å². The van der Waals surface area contributed by atoms with E-state index in [0.29, 0.717) is 12.8 Å². The van der Waals surface area contributed by atoms with E-state index in [4.69, 9.17) is 5.84 Å². The lowest BCUT2D eigenvalue weighted by Gasteiger charge is -2.33. The molecule has 1 saturated carbocycles. The van der Waals surface area contributed by atoms with Gasteiger partial charge in [0.2, 0.25) is 0 Å². The molecule has 1 aromatic rings. The summed E-state index contributed by atoms with van der Waals surface area (Å²) in [7, 11) is -3.14. The van der Waals surface area contributed by atoms with Gasteiger partial charge in [0.25, 0.3) is 0 Å². The first-order valence-corrected chi connectivity index (χ1v) is 8.89. The van der Waals surface area contributed by atoms with Crippen LogP contribution in [-0.2, 0) is 9.84 Å². The number of nitrogens with one attached hydrogen (secondary N) is 1. The van der Waals surface area contributed by atoms with Crippen molar-refractivity contribution >= 4 is 9.84 Å². The molecule has 3 atom stereocenters. The molecule has 0 saturated heterocycles. The van der Waals surface area contributed by atoms with Gasteiger partial charge in [-0.25, -0.2) is 17.2 Å². The number of sulfone groups is 1. The van der Waals surface area contributed by atoms with Crippen molar-refractivity contribution in [2.24, 2.45) is 11.8 Å². The molecule has 7 heteroatoms. The van der Waals surface area contributed by atoms with Crippen LogP contribution in [0.25, 0.3) is 0 Å². The predicted molar refractivity (Wildman–Crippen MR) is 77.0 cm³/mol. The van der Waals surface area contributed by atoms with Crippen LogP contribution < -0.4 is 11.3 Å². The number of hydrazine groups is 1. The highest BCUT2D eigenvalue weighted by molar-refractivity contribution is 7.91. The first-order valence-electron chi connectivity index (χ1n) is 6.93. The van der Waals surface area contributed by atoms with Gasteiger partial charge in [-0.1, -0.05) is 18.6 Å². The van der Waals surface area contributed by atoms with Crippen LogP contribution in [0.2, 0.25) is 0 Å². The molecule has 118 valence electrons. The fraction of sp³-hybridized carbons (Fsp3) is 0.571. The van der Waals surface area contributed by atoms with E-state index in [0.717, 1.165) is 18.9 Å². The van der Waals surface area contributed by atoms with E-state index >= 15 is 0 Å². The highest BCUT2D eigenvalue weighted by Crippen LogP contribution is 2.37. The summed E-state index contributed by atoms with van der Waals surface area (Å²) in [5, 5.41) is -0.441. The molecule has 0 aromatic heterocycles. The smallest absolute Gasteiger partial charge is 0.163 e. The van der Waals surface area contributed by atoms with Crippen LogP contribution >= 0.6 is 0 Å². The Morgan fingerprint density at radius 2 is 2.05 bits per heavy atom. The Labute approximate surface area is 123 Å². The number of nitrogens with two attached hydrogens (primary N) is 1. The molecule has 4 nitrogen and oxygen atoms in total. The zero-order chi connectivity index (χ0) is 15.6. The zero-order valence-electron chi connectivity index (χ0n) is 11.9. The topological polar surface area (TPSA) is 72.2 Å². The number of rotatable bonds is 4. The summed E-state index contributed by atoms with van der Waals surface area (Å²) in [5.41, 5.74) is 2.68. The Morgan fingerprint density at radius 1 is 1.33 bits per heavy atom. The molecule has 0 heterocycles. The summed E-state index contributed by atoms with van der Waals surface area (Å²) in [6, 6.07) is 3.36. The third-order valence-corrected chi connectivity index (χ3v) is 5.88. The Bertz CT molecular complexity index is 607. The predicted octanol–water partition coefficient (Wildman–Crippen LogP) is 2.07. The second kappa shape index (κ2) is 6.37. The van der Waals surface area contributed by atoms with Crippen LogP contribution in [0.5, 0.6) is 0 Å². The van der Waals surface area contributed by atoms with Gasteiger partial charge in [0.15, 0.2) is 11.6 Å². The van der Waals surface area contributed by atoms with Crippen molar-refractivity contribution in [1.82, 2.24) is 5.43 Å². The summed E-state index contributed by atoms with van der Waals surface area (Å²) in [6.07, 6.45) is 3.70. The Hall–Kier alpha value is -1.05. The lowest BCUT2D eigenvalue weighted by atomic mass is 9.81. The molecular weight excluding hydrogens is 298 g/mol. The van der Waals surface area contributed by atoms with E-state index in [-0.39, 0.29) is 11.5 Å². The van der Waals surface area contributed by atoms with Crippen LogP contribution in [0, 0.1) is 17.6 Å². The van der Waals surface area contributed by atoms with E-state index in [1.54, 1.807) is 0 Å². The van der Waals surface area contributed by atoms with Gasteiger partial charge in [0.05, 0.1) is 11.3 Å². The fourth-order valence-corrected chi connectivity index (χ4v) is 4.30. The van der Waals surface area contributed by atoms with Crippen LogP contribution in [0.3, 0.4) is 0 Å². The molecule has 0 spiro atoms. The van der Waals surface area contributed by atoms with E-state index < -0.39 is 32.8 Å². The van der Waals surface area contributed by atoms with Gasteiger partial charge in [0, 0.05) is 11.8 Å². The van der Waals surface area contributed by atoms with Crippen molar-refractivity contribution in [2.45, 2.75) is 37.0 Å². The Kier molecular flexibility index (Phi) is 4.95. The molecular formula is C14H20F2N2O2S. The molecule has 1 aliphatic rings. The maximum absolute atomic E-state index is 13.9. The van der Waals surface area contributed by atoms with Gasteiger partial charge in [-0.15, -0.1) is 0 Å². The third-order valence-electron chi connectivity index (χ3n) is 4.24. The molecule has 1 aromatic carbocycles. The normalized spacial score (nSPS) is 24.8. The average Bonchev–Trinajstić information content (AvgIpc) is 2.44. The molecule has 0 radical (unpaired) electrons. The maximum Gasteiger partial charge on any atom is 0.163 e. The third kappa shape index (κ3) is 3.59. The quantitative estimate of drug-likeness (QED) is 0.658. The van der Waals surface area contributed by atoms with Gasteiger partial charge in [-0.3, -0.25) is 11.3 Å². The Morgan fingerprint density at radius 3 is 2.67 bits per heavy atom. The summed E-state index contributed by atoms with van der Waals surface area (Å²) < 4.78 is 50.7. The average molecular weight is 318 g/mol. The summed E-state index contributed by atoms with van der Waals surface area (Å²) in [4.78, 5) is 0. The van der Waals surface area contributed by atoms with Gasteiger partial charge in [-0.05, 0) is 31.2 Å². The van der Waals surface area contributed by atoms with Gasteiger partial charge < -0.3 is 0 Å². The monoisotopic (exact) mass is 318 g/mol. The minimum Gasteiger partial charge on any atom is -0.271 e. The standard InChI is InChI=1S/C14H20F2N2O2S/c1-21(19,20)10-5-2-4-9(8-10)14(18-17)11-6-3-7-12(15)13(11)16/h3,6-7,9-10,14,18H,2,4-5,8,17H2,1H3. The van der Waals surface area contributed by atoms with Gasteiger partial charge in [0.1, 0.15) is 9.84 Å². The number of halogens is 2. The molecule has 0 bridgehead atoms. The highest BCUT2D eigenvalue weighted by atomic mass is 32.2. The van der Waals surface area contributed by atoms with Crippen LogP contribution in [0.4, 0.5) is 8.78 Å². The first kappa shape index (κ1) is 16.3. The number of benzene rings is 1. The van der Waals surface area contributed by atoms with Crippen molar-refractivity contribution in [2.75, 3.05) is 6.26 Å². The molecule has 1 fully saturated rings. The number of hydrogen-bond acceptors (Lipinski definition) is 4. The van der Waals surface area contributed by atoms with Crippen molar-refractivity contribution in [3.63, 3.8) is 0 Å². The molecule has 0 amide bonds. The zero-order valence-corrected chi connectivity index (χ0v) is 12.7. The van der Waals surface area contributed by atoms with Crippen molar-refractivity contribution in [3.8, 4) is 0 Å². The van der Waals surface area contributed by atoms with Gasteiger partial charge in [-0.2, -0.15) is 0 Å². The van der Waals surface area contributed by atoms with Gasteiger partial charge >= 0.3 is 0 Å². The van der Waals surface area contributed by atoms with Crippen molar-refractivity contribution < 1.29 is 17.2 Å². The van der Waals surface area contributed by atoms with Crippen molar-refractivity contribution in [1.29, 1.82) is 0 Å². The highest BCUT2D eigenvalue weighted by Gasteiger charge is 2.34. The van der Waals surface area contributed by atoms with E-state index in [9.17, 15) is 17.2 Å². The minimum atomic E-state index is -3.14. The lowest BCUT2D eigenvalue weighted by Crippen LogP contribution is -2.39. The first-order chi connectivity index (χ1) is 9.84. The summed E-state index contributed by atoms with van der Waals surface area (Å²) in [5.74, 6) is 3.53. The molecule has 21 heavy (non-hydrogen) atoms. The molecule has 3 N–H and O–H groups in total. The van der Waals surface area contributed by atoms with Crippen LogP contribution in [0.15, 0.2) is 18.2 Å². The van der Waals surface area contributed by atoms with Crippen LogP contribution in [0.1, 0.15) is 37.3 Å². The molecule has 3 unspecified atom stereocenters. The van der Waals surface area contributed by atoms with E-state index in [1.165, 1.54) is 18.4 Å².